The quantitative estimate of drug-likeness (QED) is 0.721. The average Bonchev–Trinajstić information content (AvgIpc) is 2.58. The molecule has 2 amide bonds. The maximum atomic E-state index is 12.1. The molecule has 0 spiro atoms. The van der Waals surface area contributed by atoms with Gasteiger partial charge < -0.3 is 19.7 Å². The number of benzene rings is 1. The first-order valence-corrected chi connectivity index (χ1v) is 7.27. The average molecular weight is 322 g/mol. The Morgan fingerprint density at radius 1 is 1.04 bits per heavy atom. The van der Waals surface area contributed by atoms with Gasteiger partial charge in [0.15, 0.2) is 0 Å². The fourth-order valence-electron chi connectivity index (χ4n) is 1.87. The van der Waals surface area contributed by atoms with E-state index in [-0.39, 0.29) is 19.5 Å². The molecule has 0 saturated heterocycles. The highest BCUT2D eigenvalue weighted by Gasteiger charge is 2.18. The number of urea groups is 1. The largest absolute Gasteiger partial charge is 0.469 e. The van der Waals surface area contributed by atoms with E-state index in [4.69, 9.17) is 0 Å². The van der Waals surface area contributed by atoms with E-state index in [1.807, 2.05) is 30.3 Å². The fraction of sp³-hybridized carbons (Fsp3) is 0.438. The SMILES string of the molecule is COC(=O)CCN(CC(=O)OC)C(=O)NCCc1ccccc1. The predicted octanol–water partition coefficient (Wildman–Crippen LogP) is 0.977. The highest BCUT2D eigenvalue weighted by Crippen LogP contribution is 2.00. The molecular formula is C16H22N2O5. The van der Waals surface area contributed by atoms with Crippen LogP contribution in [-0.4, -0.2) is 56.7 Å². The lowest BCUT2D eigenvalue weighted by atomic mass is 10.1. The van der Waals surface area contributed by atoms with E-state index >= 15 is 0 Å². The van der Waals surface area contributed by atoms with Crippen molar-refractivity contribution in [2.24, 2.45) is 0 Å². The van der Waals surface area contributed by atoms with Crippen LogP contribution >= 0.6 is 0 Å². The minimum absolute atomic E-state index is 0.0135. The number of rotatable bonds is 8. The Bertz CT molecular complexity index is 518. The van der Waals surface area contributed by atoms with Crippen LogP contribution < -0.4 is 5.32 Å². The molecule has 0 fully saturated rings. The molecule has 0 bridgehead atoms. The second-order valence-corrected chi connectivity index (χ2v) is 4.79. The minimum atomic E-state index is -0.548. The Kier molecular flexibility index (Phi) is 8.20. The van der Waals surface area contributed by atoms with E-state index in [9.17, 15) is 14.4 Å². The van der Waals surface area contributed by atoms with Crippen molar-refractivity contribution in [1.82, 2.24) is 10.2 Å². The predicted molar refractivity (Wildman–Crippen MR) is 83.8 cm³/mol. The molecule has 0 unspecified atom stereocenters. The number of amides is 2. The monoisotopic (exact) mass is 322 g/mol. The standard InChI is InChI=1S/C16H22N2O5/c1-22-14(19)9-11-18(12-15(20)23-2)16(21)17-10-8-13-6-4-3-5-7-13/h3-7H,8-12H2,1-2H3,(H,17,21). The minimum Gasteiger partial charge on any atom is -0.469 e. The number of nitrogens with zero attached hydrogens (tertiary/aromatic N) is 1. The molecule has 0 atom stereocenters. The molecule has 0 heterocycles. The first kappa shape index (κ1) is 18.5. The van der Waals surface area contributed by atoms with Gasteiger partial charge in [0.25, 0.3) is 0 Å². The smallest absolute Gasteiger partial charge is 0.325 e. The second kappa shape index (κ2) is 10.2. The van der Waals surface area contributed by atoms with Crippen molar-refractivity contribution >= 4 is 18.0 Å². The van der Waals surface area contributed by atoms with Crippen LogP contribution in [0.15, 0.2) is 30.3 Å². The third-order valence-electron chi connectivity index (χ3n) is 3.18. The van der Waals surface area contributed by atoms with E-state index < -0.39 is 18.0 Å². The van der Waals surface area contributed by atoms with Crippen molar-refractivity contribution in [3.05, 3.63) is 35.9 Å². The van der Waals surface area contributed by atoms with Crippen LogP contribution in [0.1, 0.15) is 12.0 Å². The highest BCUT2D eigenvalue weighted by atomic mass is 16.5. The van der Waals surface area contributed by atoms with E-state index in [2.05, 4.69) is 14.8 Å². The van der Waals surface area contributed by atoms with Gasteiger partial charge in [-0.3, -0.25) is 9.59 Å². The van der Waals surface area contributed by atoms with Gasteiger partial charge in [-0.2, -0.15) is 0 Å². The van der Waals surface area contributed by atoms with Gasteiger partial charge in [0.2, 0.25) is 0 Å². The van der Waals surface area contributed by atoms with Gasteiger partial charge >= 0.3 is 18.0 Å². The van der Waals surface area contributed by atoms with Crippen molar-refractivity contribution in [2.75, 3.05) is 33.9 Å². The van der Waals surface area contributed by atoms with Gasteiger partial charge in [0.05, 0.1) is 20.6 Å². The van der Waals surface area contributed by atoms with Crippen molar-refractivity contribution in [3.8, 4) is 0 Å². The molecule has 1 N–H and O–H groups in total. The number of nitrogens with one attached hydrogen (secondary N) is 1. The Balaban J connectivity index is 2.49. The lowest BCUT2D eigenvalue weighted by Crippen LogP contribution is -2.44. The molecular weight excluding hydrogens is 300 g/mol. The maximum Gasteiger partial charge on any atom is 0.325 e. The van der Waals surface area contributed by atoms with Crippen molar-refractivity contribution in [2.45, 2.75) is 12.8 Å². The lowest BCUT2D eigenvalue weighted by molar-refractivity contribution is -0.143. The summed E-state index contributed by atoms with van der Waals surface area (Å²) in [4.78, 5) is 35.9. The van der Waals surface area contributed by atoms with Crippen LogP contribution in [0.4, 0.5) is 4.79 Å². The fourth-order valence-corrected chi connectivity index (χ4v) is 1.87. The molecule has 0 aliphatic rings. The molecule has 126 valence electrons. The zero-order valence-electron chi connectivity index (χ0n) is 13.4. The number of methoxy groups -OCH3 is 2. The third kappa shape index (κ3) is 7.30. The van der Waals surface area contributed by atoms with Crippen LogP contribution in [0.2, 0.25) is 0 Å². The molecule has 7 heteroatoms. The molecule has 1 aromatic rings. The highest BCUT2D eigenvalue weighted by molar-refractivity contribution is 5.81. The van der Waals surface area contributed by atoms with E-state index in [0.29, 0.717) is 13.0 Å². The Morgan fingerprint density at radius 3 is 2.30 bits per heavy atom. The van der Waals surface area contributed by atoms with E-state index in [1.54, 1.807) is 0 Å². The van der Waals surface area contributed by atoms with Gasteiger partial charge in [-0.25, -0.2) is 4.79 Å². The van der Waals surface area contributed by atoms with Crippen LogP contribution in [0.3, 0.4) is 0 Å². The van der Waals surface area contributed by atoms with Crippen LogP contribution in [0.25, 0.3) is 0 Å². The Hall–Kier alpha value is -2.57. The van der Waals surface area contributed by atoms with Crippen molar-refractivity contribution in [3.63, 3.8) is 0 Å². The normalized spacial score (nSPS) is 9.83. The molecule has 0 aliphatic heterocycles. The Labute approximate surface area is 135 Å². The molecule has 23 heavy (non-hydrogen) atoms. The zero-order valence-corrected chi connectivity index (χ0v) is 13.4. The van der Waals surface area contributed by atoms with Crippen LogP contribution in [-0.2, 0) is 25.5 Å². The molecule has 7 nitrogen and oxygen atoms in total. The first-order valence-electron chi connectivity index (χ1n) is 7.27. The summed E-state index contributed by atoms with van der Waals surface area (Å²) in [5.74, 6) is -0.995. The van der Waals surface area contributed by atoms with Gasteiger partial charge in [-0.15, -0.1) is 0 Å². The molecule has 0 aromatic heterocycles. The number of ether oxygens (including phenoxy) is 2. The number of hydrogen-bond donors (Lipinski definition) is 1. The van der Waals surface area contributed by atoms with Crippen LogP contribution in [0, 0.1) is 0 Å². The number of hydrogen-bond acceptors (Lipinski definition) is 5. The molecule has 0 radical (unpaired) electrons. The van der Waals surface area contributed by atoms with E-state index in [0.717, 1.165) is 5.56 Å². The molecule has 0 saturated carbocycles. The summed E-state index contributed by atoms with van der Waals surface area (Å²) in [6, 6.07) is 9.29. The number of carbonyl (C=O) groups is 3. The van der Waals surface area contributed by atoms with Crippen LogP contribution in [0.5, 0.6) is 0 Å². The van der Waals surface area contributed by atoms with Gasteiger partial charge in [-0.1, -0.05) is 30.3 Å². The summed E-state index contributed by atoms with van der Waals surface area (Å²) in [7, 11) is 2.51. The molecule has 0 aliphatic carbocycles. The topological polar surface area (TPSA) is 84.9 Å². The second-order valence-electron chi connectivity index (χ2n) is 4.79. The summed E-state index contributed by atoms with van der Waals surface area (Å²) in [5, 5.41) is 2.73. The summed E-state index contributed by atoms with van der Waals surface area (Å²) in [5.41, 5.74) is 1.10. The Morgan fingerprint density at radius 2 is 1.70 bits per heavy atom. The van der Waals surface area contributed by atoms with Gasteiger partial charge in [-0.05, 0) is 12.0 Å². The summed E-state index contributed by atoms with van der Waals surface area (Å²) < 4.78 is 9.10. The van der Waals surface area contributed by atoms with Crippen molar-refractivity contribution in [1.29, 1.82) is 0 Å². The summed E-state index contributed by atoms with van der Waals surface area (Å²) in [6.07, 6.45) is 0.690. The van der Waals surface area contributed by atoms with E-state index in [1.165, 1.54) is 19.1 Å². The number of carbonyl (C=O) groups excluding carboxylic acids is 3. The summed E-state index contributed by atoms with van der Waals surface area (Å²) in [6.45, 7) is 0.294. The lowest BCUT2D eigenvalue weighted by Gasteiger charge is -2.21. The van der Waals surface area contributed by atoms with Gasteiger partial charge in [0, 0.05) is 13.1 Å². The number of esters is 2. The van der Waals surface area contributed by atoms with Crippen molar-refractivity contribution < 1.29 is 23.9 Å². The van der Waals surface area contributed by atoms with Gasteiger partial charge in [0.1, 0.15) is 6.54 Å². The summed E-state index contributed by atoms with van der Waals surface area (Å²) >= 11 is 0. The first-order chi connectivity index (χ1) is 11.1. The molecule has 1 rings (SSSR count). The molecule has 1 aromatic carbocycles. The maximum absolute atomic E-state index is 12.1. The third-order valence-corrected chi connectivity index (χ3v) is 3.18. The zero-order chi connectivity index (χ0) is 17.1.